The van der Waals surface area contributed by atoms with Gasteiger partial charge in [0.2, 0.25) is 5.95 Å². The number of ether oxygens (including phenoxy) is 1. The Bertz CT molecular complexity index is 887. The van der Waals surface area contributed by atoms with Gasteiger partial charge in [-0.1, -0.05) is 23.3 Å². The number of alkyl halides is 2. The van der Waals surface area contributed by atoms with Crippen LogP contribution in [0.4, 0.5) is 20.4 Å². The maximum Gasteiger partial charge on any atom is 0.387 e. The first-order chi connectivity index (χ1) is 13.7. The number of halogens is 2. The highest BCUT2D eigenvalue weighted by Gasteiger charge is 2.22. The molecule has 0 amide bonds. The summed E-state index contributed by atoms with van der Waals surface area (Å²) in [6.07, 6.45) is 1.99. The molecule has 0 aliphatic carbocycles. The molecule has 1 unspecified atom stereocenters. The van der Waals surface area contributed by atoms with Gasteiger partial charge in [0, 0.05) is 24.8 Å². The molecule has 7 nitrogen and oxygen atoms in total. The third kappa shape index (κ3) is 4.19. The molecule has 1 aliphatic rings. The summed E-state index contributed by atoms with van der Waals surface area (Å²) in [6, 6.07) is 16.6. The van der Waals surface area contributed by atoms with Crippen molar-refractivity contribution in [1.29, 1.82) is 0 Å². The third-order valence-electron chi connectivity index (χ3n) is 4.65. The number of para-hydroxylation sites is 1. The van der Waals surface area contributed by atoms with E-state index in [0.717, 1.165) is 37.3 Å². The van der Waals surface area contributed by atoms with Gasteiger partial charge in [0.15, 0.2) is 0 Å². The van der Waals surface area contributed by atoms with E-state index in [1.54, 1.807) is 28.9 Å². The summed E-state index contributed by atoms with van der Waals surface area (Å²) in [5.41, 5.74) is 1.85. The predicted molar refractivity (Wildman–Crippen MR) is 101 cm³/mol. The van der Waals surface area contributed by atoms with E-state index in [-0.39, 0.29) is 11.8 Å². The van der Waals surface area contributed by atoms with E-state index in [2.05, 4.69) is 30.5 Å². The Morgan fingerprint density at radius 3 is 2.57 bits per heavy atom. The number of anilines is 2. The minimum Gasteiger partial charge on any atom is -0.435 e. The van der Waals surface area contributed by atoms with Gasteiger partial charge in [-0.2, -0.15) is 13.5 Å². The van der Waals surface area contributed by atoms with Crippen molar-refractivity contribution in [3.63, 3.8) is 0 Å². The summed E-state index contributed by atoms with van der Waals surface area (Å²) in [5, 5.41) is 15.4. The van der Waals surface area contributed by atoms with Crippen LogP contribution >= 0.6 is 0 Å². The molecule has 146 valence electrons. The quantitative estimate of drug-likeness (QED) is 0.701. The molecule has 1 aliphatic heterocycles. The number of benzene rings is 2. The Morgan fingerprint density at radius 1 is 1.04 bits per heavy atom. The minimum atomic E-state index is -2.81. The van der Waals surface area contributed by atoms with Gasteiger partial charge in [-0.25, -0.2) is 0 Å². The first-order valence-corrected chi connectivity index (χ1v) is 9.09. The monoisotopic (exact) mass is 386 g/mol. The smallest absolute Gasteiger partial charge is 0.387 e. The van der Waals surface area contributed by atoms with Crippen molar-refractivity contribution in [2.24, 2.45) is 0 Å². The maximum atomic E-state index is 12.3. The normalized spacial score (nSPS) is 17.0. The SMILES string of the molecule is FC(F)Oc1ccc(N2CCCC(Nc3nnnn3-c3ccccc3)C2)cc1. The number of rotatable bonds is 6. The van der Waals surface area contributed by atoms with Crippen LogP contribution in [0.25, 0.3) is 5.69 Å². The number of hydrogen-bond acceptors (Lipinski definition) is 6. The second-order valence-electron chi connectivity index (χ2n) is 6.55. The summed E-state index contributed by atoms with van der Waals surface area (Å²) in [5.74, 6) is 0.756. The molecule has 3 aromatic rings. The topological polar surface area (TPSA) is 68.1 Å². The van der Waals surface area contributed by atoms with Gasteiger partial charge in [-0.05, 0) is 59.7 Å². The molecule has 1 fully saturated rings. The largest absolute Gasteiger partial charge is 0.435 e. The van der Waals surface area contributed by atoms with Crippen molar-refractivity contribution in [2.45, 2.75) is 25.5 Å². The van der Waals surface area contributed by atoms with Gasteiger partial charge in [0.05, 0.1) is 5.69 Å². The van der Waals surface area contributed by atoms with E-state index in [1.807, 2.05) is 30.3 Å². The van der Waals surface area contributed by atoms with Crippen molar-refractivity contribution in [3.8, 4) is 11.4 Å². The zero-order valence-corrected chi connectivity index (χ0v) is 15.1. The van der Waals surface area contributed by atoms with Gasteiger partial charge < -0.3 is 15.0 Å². The van der Waals surface area contributed by atoms with Gasteiger partial charge >= 0.3 is 6.61 Å². The molecular weight excluding hydrogens is 366 g/mol. The van der Waals surface area contributed by atoms with E-state index in [0.29, 0.717) is 5.95 Å². The fourth-order valence-corrected chi connectivity index (χ4v) is 3.37. The molecule has 1 atom stereocenters. The molecule has 0 radical (unpaired) electrons. The second kappa shape index (κ2) is 8.20. The van der Waals surface area contributed by atoms with Crippen LogP contribution in [0.3, 0.4) is 0 Å². The van der Waals surface area contributed by atoms with Gasteiger partial charge in [0.25, 0.3) is 0 Å². The fraction of sp³-hybridized carbons (Fsp3) is 0.316. The van der Waals surface area contributed by atoms with Crippen LogP contribution in [-0.4, -0.2) is 46.0 Å². The minimum absolute atomic E-state index is 0.160. The van der Waals surface area contributed by atoms with Gasteiger partial charge in [-0.15, -0.1) is 0 Å². The van der Waals surface area contributed by atoms with Crippen LogP contribution in [0.5, 0.6) is 5.75 Å². The molecule has 1 aromatic heterocycles. The highest BCUT2D eigenvalue weighted by atomic mass is 19.3. The van der Waals surface area contributed by atoms with Crippen LogP contribution in [-0.2, 0) is 0 Å². The average Bonchev–Trinajstić information content (AvgIpc) is 3.17. The number of nitrogens with zero attached hydrogens (tertiary/aromatic N) is 5. The lowest BCUT2D eigenvalue weighted by molar-refractivity contribution is -0.0498. The lowest BCUT2D eigenvalue weighted by atomic mass is 10.0. The number of hydrogen-bond donors (Lipinski definition) is 1. The van der Waals surface area contributed by atoms with Crippen LogP contribution in [0.15, 0.2) is 54.6 Å². The molecule has 9 heteroatoms. The summed E-state index contributed by atoms with van der Waals surface area (Å²) in [7, 11) is 0. The number of tetrazole rings is 1. The van der Waals surface area contributed by atoms with Crippen LogP contribution in [0, 0.1) is 0 Å². The van der Waals surface area contributed by atoms with E-state index in [9.17, 15) is 8.78 Å². The number of nitrogens with one attached hydrogen (secondary N) is 1. The van der Waals surface area contributed by atoms with E-state index >= 15 is 0 Å². The van der Waals surface area contributed by atoms with Crippen molar-refractivity contribution in [1.82, 2.24) is 20.2 Å². The Morgan fingerprint density at radius 2 is 1.82 bits per heavy atom. The molecular formula is C19H20F2N6O. The lowest BCUT2D eigenvalue weighted by Gasteiger charge is -2.34. The predicted octanol–water partition coefficient (Wildman–Crippen LogP) is 3.34. The first kappa shape index (κ1) is 18.1. The van der Waals surface area contributed by atoms with Crippen LogP contribution in [0.1, 0.15) is 12.8 Å². The average molecular weight is 386 g/mol. The summed E-state index contributed by atoms with van der Waals surface area (Å²) >= 11 is 0. The number of piperidine rings is 1. The van der Waals surface area contributed by atoms with E-state index in [4.69, 9.17) is 0 Å². The van der Waals surface area contributed by atoms with Crippen LogP contribution < -0.4 is 15.0 Å². The van der Waals surface area contributed by atoms with Crippen LogP contribution in [0.2, 0.25) is 0 Å². The van der Waals surface area contributed by atoms with Gasteiger partial charge in [-0.3, -0.25) is 0 Å². The molecule has 1 saturated heterocycles. The molecule has 1 N–H and O–H groups in total. The molecule has 0 saturated carbocycles. The molecule has 0 bridgehead atoms. The zero-order valence-electron chi connectivity index (χ0n) is 15.1. The maximum absolute atomic E-state index is 12.3. The number of aromatic nitrogens is 4. The first-order valence-electron chi connectivity index (χ1n) is 9.09. The Balaban J connectivity index is 1.43. The van der Waals surface area contributed by atoms with Gasteiger partial charge in [0.1, 0.15) is 5.75 Å². The second-order valence-corrected chi connectivity index (χ2v) is 6.55. The Kier molecular flexibility index (Phi) is 5.31. The van der Waals surface area contributed by atoms with E-state index in [1.165, 1.54) is 0 Å². The molecule has 28 heavy (non-hydrogen) atoms. The molecule has 2 aromatic carbocycles. The molecule has 0 spiro atoms. The highest BCUT2D eigenvalue weighted by molar-refractivity contribution is 5.50. The third-order valence-corrected chi connectivity index (χ3v) is 4.65. The van der Waals surface area contributed by atoms with E-state index < -0.39 is 6.61 Å². The fourth-order valence-electron chi connectivity index (χ4n) is 3.37. The standard InChI is InChI=1S/C19H20F2N6O/c20-18(21)28-17-10-8-15(9-11-17)26-12-4-5-14(13-26)22-19-23-24-25-27(19)16-6-2-1-3-7-16/h1-3,6-11,14,18H,4-5,12-13H2,(H,22,23,25). The Labute approximate surface area is 160 Å². The van der Waals surface area contributed by atoms with Crippen molar-refractivity contribution in [3.05, 3.63) is 54.6 Å². The Hall–Kier alpha value is -3.23. The molecule has 2 heterocycles. The summed E-state index contributed by atoms with van der Waals surface area (Å²) in [4.78, 5) is 2.21. The molecule has 4 rings (SSSR count). The highest BCUT2D eigenvalue weighted by Crippen LogP contribution is 2.25. The summed E-state index contributed by atoms with van der Waals surface area (Å²) in [6.45, 7) is -1.15. The summed E-state index contributed by atoms with van der Waals surface area (Å²) < 4.78 is 30.7. The van der Waals surface area contributed by atoms with Crippen molar-refractivity contribution in [2.75, 3.05) is 23.3 Å². The lowest BCUT2D eigenvalue weighted by Crippen LogP contribution is -2.42. The van der Waals surface area contributed by atoms with Crippen molar-refractivity contribution >= 4 is 11.6 Å². The zero-order chi connectivity index (χ0) is 19.3. The van der Waals surface area contributed by atoms with Crippen molar-refractivity contribution < 1.29 is 13.5 Å².